The largest absolute Gasteiger partial charge is 0.394 e. The summed E-state index contributed by atoms with van der Waals surface area (Å²) in [5.74, 6) is -1.25. The summed E-state index contributed by atoms with van der Waals surface area (Å²) in [6.07, 6.45) is -5.43. The number of hydrogen-bond acceptors (Lipinski definition) is 6. The molecule has 0 heterocycles. The molecule has 7 nitrogen and oxygen atoms in total. The quantitative estimate of drug-likeness (QED) is 0.198. The monoisotopic (exact) mass is 181 g/mol. The molecule has 0 aromatic heterocycles. The lowest BCUT2D eigenvalue weighted by molar-refractivity contribution is -0.150. The van der Waals surface area contributed by atoms with Crippen LogP contribution >= 0.6 is 0 Å². The highest BCUT2D eigenvalue weighted by molar-refractivity contribution is 5.79. The molecule has 12 heavy (non-hydrogen) atoms. The van der Waals surface area contributed by atoms with E-state index in [0.717, 1.165) is 5.48 Å². The molecule has 0 radical (unpaired) electrons. The predicted octanol–water partition coefficient (Wildman–Crippen LogP) is -3.43. The predicted molar refractivity (Wildman–Crippen MR) is 35.0 cm³/mol. The van der Waals surface area contributed by atoms with Crippen LogP contribution in [0.1, 0.15) is 0 Å². The second-order valence-corrected chi connectivity index (χ2v) is 2.16. The van der Waals surface area contributed by atoms with Crippen molar-refractivity contribution in [3.63, 3.8) is 0 Å². The summed E-state index contributed by atoms with van der Waals surface area (Å²) >= 11 is 0. The van der Waals surface area contributed by atoms with Gasteiger partial charge in [-0.3, -0.25) is 10.0 Å². The van der Waals surface area contributed by atoms with Crippen molar-refractivity contribution >= 4 is 5.91 Å². The zero-order valence-electron chi connectivity index (χ0n) is 6.08. The number of hydrogen-bond donors (Lipinski definition) is 6. The minimum atomic E-state index is -1.97. The van der Waals surface area contributed by atoms with E-state index in [4.69, 9.17) is 25.6 Å². The van der Waals surface area contributed by atoms with Crippen molar-refractivity contribution in [2.24, 2.45) is 0 Å². The molecule has 0 aromatic carbocycles. The minimum absolute atomic E-state index is 0.795. The summed E-state index contributed by atoms with van der Waals surface area (Å²) in [6.45, 7) is -0.795. The Hall–Kier alpha value is -0.730. The SMILES string of the molecule is O=C(NO)[C@@H](O)[C@@H](O)[C@H](O)CO. The number of rotatable bonds is 4. The van der Waals surface area contributed by atoms with Crippen LogP contribution < -0.4 is 5.48 Å². The second-order valence-electron chi connectivity index (χ2n) is 2.16. The second kappa shape index (κ2) is 5.01. The van der Waals surface area contributed by atoms with Crippen LogP contribution in [0.3, 0.4) is 0 Å². The molecule has 0 saturated carbocycles. The molecule has 0 fully saturated rings. The Kier molecular flexibility index (Phi) is 4.71. The van der Waals surface area contributed by atoms with Crippen LogP contribution in [0.4, 0.5) is 0 Å². The number of hydroxylamine groups is 1. The molecule has 0 aliphatic heterocycles. The Morgan fingerprint density at radius 3 is 2.17 bits per heavy atom. The third-order valence-corrected chi connectivity index (χ3v) is 1.28. The Bertz CT molecular complexity index is 151. The topological polar surface area (TPSA) is 130 Å². The number of carbonyl (C=O) groups excluding carboxylic acids is 1. The van der Waals surface area contributed by atoms with Crippen LogP contribution in [0.2, 0.25) is 0 Å². The van der Waals surface area contributed by atoms with Gasteiger partial charge in [-0.25, -0.2) is 5.48 Å². The lowest BCUT2D eigenvalue weighted by atomic mass is 10.1. The maximum Gasteiger partial charge on any atom is 0.274 e. The normalized spacial score (nSPS) is 18.1. The van der Waals surface area contributed by atoms with Gasteiger partial charge < -0.3 is 20.4 Å². The molecule has 3 atom stereocenters. The van der Waals surface area contributed by atoms with Gasteiger partial charge in [0.05, 0.1) is 6.61 Å². The van der Waals surface area contributed by atoms with Gasteiger partial charge in [-0.05, 0) is 0 Å². The van der Waals surface area contributed by atoms with E-state index in [1.165, 1.54) is 0 Å². The Morgan fingerprint density at radius 2 is 1.83 bits per heavy atom. The Balaban J connectivity index is 4.08. The van der Waals surface area contributed by atoms with E-state index in [1.807, 2.05) is 0 Å². The van der Waals surface area contributed by atoms with E-state index in [-0.39, 0.29) is 0 Å². The third kappa shape index (κ3) is 2.72. The summed E-state index contributed by atoms with van der Waals surface area (Å²) in [5.41, 5.74) is 1.08. The van der Waals surface area contributed by atoms with E-state index in [9.17, 15) is 4.79 Å². The molecule has 6 N–H and O–H groups in total. The summed E-state index contributed by atoms with van der Waals surface area (Å²) in [6, 6.07) is 0. The Labute approximate surface area is 67.8 Å². The highest BCUT2D eigenvalue weighted by Gasteiger charge is 2.29. The zero-order valence-corrected chi connectivity index (χ0v) is 6.08. The van der Waals surface area contributed by atoms with Crippen molar-refractivity contribution in [2.75, 3.05) is 6.61 Å². The van der Waals surface area contributed by atoms with E-state index in [2.05, 4.69) is 0 Å². The van der Waals surface area contributed by atoms with Gasteiger partial charge in [0, 0.05) is 0 Å². The fourth-order valence-corrected chi connectivity index (χ4v) is 0.540. The van der Waals surface area contributed by atoms with Crippen molar-refractivity contribution in [3.8, 4) is 0 Å². The third-order valence-electron chi connectivity index (χ3n) is 1.28. The first-order valence-electron chi connectivity index (χ1n) is 3.13. The van der Waals surface area contributed by atoms with Gasteiger partial charge in [0.25, 0.3) is 5.91 Å². The molecule has 0 saturated heterocycles. The first-order valence-corrected chi connectivity index (χ1v) is 3.13. The lowest BCUT2D eigenvalue weighted by Crippen LogP contribution is -2.47. The van der Waals surface area contributed by atoms with Crippen molar-refractivity contribution < 1.29 is 30.4 Å². The highest BCUT2D eigenvalue weighted by atomic mass is 16.5. The molecule has 72 valence electrons. The van der Waals surface area contributed by atoms with E-state index >= 15 is 0 Å². The smallest absolute Gasteiger partial charge is 0.274 e. The maximum atomic E-state index is 10.4. The van der Waals surface area contributed by atoms with E-state index in [0.29, 0.717) is 0 Å². The van der Waals surface area contributed by atoms with Gasteiger partial charge in [0.1, 0.15) is 12.2 Å². The van der Waals surface area contributed by atoms with Gasteiger partial charge >= 0.3 is 0 Å². The van der Waals surface area contributed by atoms with E-state index in [1.54, 1.807) is 0 Å². The molecule has 0 rings (SSSR count). The molecular weight excluding hydrogens is 170 g/mol. The van der Waals surface area contributed by atoms with Crippen molar-refractivity contribution in [2.45, 2.75) is 18.3 Å². The summed E-state index contributed by atoms with van der Waals surface area (Å²) in [5, 5.41) is 42.7. The lowest BCUT2D eigenvalue weighted by Gasteiger charge is -2.19. The number of amides is 1. The number of aliphatic hydroxyl groups is 4. The first kappa shape index (κ1) is 11.3. The summed E-state index contributed by atoms with van der Waals surface area (Å²) < 4.78 is 0. The fraction of sp³-hybridized carbons (Fsp3) is 0.800. The molecule has 0 unspecified atom stereocenters. The van der Waals surface area contributed by atoms with E-state index < -0.39 is 30.8 Å². The van der Waals surface area contributed by atoms with Gasteiger partial charge in [0.15, 0.2) is 6.10 Å². The van der Waals surface area contributed by atoms with Crippen LogP contribution in [0.25, 0.3) is 0 Å². The van der Waals surface area contributed by atoms with Crippen molar-refractivity contribution in [1.29, 1.82) is 0 Å². The number of nitrogens with one attached hydrogen (secondary N) is 1. The average molecular weight is 181 g/mol. The molecule has 0 aliphatic carbocycles. The van der Waals surface area contributed by atoms with Crippen LogP contribution in [-0.2, 0) is 4.79 Å². The molecule has 0 aromatic rings. The van der Waals surface area contributed by atoms with Gasteiger partial charge in [-0.15, -0.1) is 0 Å². The summed E-state index contributed by atoms with van der Waals surface area (Å²) in [4.78, 5) is 10.4. The van der Waals surface area contributed by atoms with Crippen LogP contribution in [0.5, 0.6) is 0 Å². The summed E-state index contributed by atoms with van der Waals surface area (Å²) in [7, 11) is 0. The Morgan fingerprint density at radius 1 is 1.33 bits per heavy atom. The van der Waals surface area contributed by atoms with Crippen molar-refractivity contribution in [3.05, 3.63) is 0 Å². The van der Waals surface area contributed by atoms with Gasteiger partial charge in [0.2, 0.25) is 0 Å². The average Bonchev–Trinajstić information content (AvgIpc) is 2.12. The highest BCUT2D eigenvalue weighted by Crippen LogP contribution is 1.99. The van der Waals surface area contributed by atoms with Gasteiger partial charge in [-0.2, -0.15) is 0 Å². The van der Waals surface area contributed by atoms with Crippen LogP contribution in [0, 0.1) is 0 Å². The maximum absolute atomic E-state index is 10.4. The molecular formula is C5H11NO6. The van der Waals surface area contributed by atoms with Crippen LogP contribution in [-0.4, -0.2) is 56.5 Å². The zero-order chi connectivity index (χ0) is 9.72. The fourth-order valence-electron chi connectivity index (χ4n) is 0.540. The number of aliphatic hydroxyl groups excluding tert-OH is 4. The molecule has 0 spiro atoms. The molecule has 7 heteroatoms. The van der Waals surface area contributed by atoms with Crippen molar-refractivity contribution in [1.82, 2.24) is 5.48 Å². The standard InChI is InChI=1S/C5H11NO6/c7-1-2(8)3(9)4(10)5(11)6-12/h2-4,7-10,12H,1H2,(H,6,11)/t2-,3+,4+/m1/s1. The minimum Gasteiger partial charge on any atom is -0.394 e. The van der Waals surface area contributed by atoms with Crippen LogP contribution in [0.15, 0.2) is 0 Å². The molecule has 0 bridgehead atoms. The number of carbonyl (C=O) groups is 1. The molecule has 0 aliphatic rings. The van der Waals surface area contributed by atoms with Gasteiger partial charge in [-0.1, -0.05) is 0 Å². The molecule has 1 amide bonds. The first-order chi connectivity index (χ1) is 5.54.